The fourth-order valence-electron chi connectivity index (χ4n) is 5.75. The van der Waals surface area contributed by atoms with Crippen LogP contribution in [0.4, 0.5) is 11.4 Å². The van der Waals surface area contributed by atoms with Crippen molar-refractivity contribution in [1.29, 1.82) is 0 Å². The molecule has 5 rings (SSSR count). The Hall–Kier alpha value is -3.62. The summed E-state index contributed by atoms with van der Waals surface area (Å²) < 4.78 is 5.63. The molecular formula is C31H38N4O4. The van der Waals surface area contributed by atoms with E-state index >= 15 is 0 Å². The van der Waals surface area contributed by atoms with Crippen LogP contribution in [0.25, 0.3) is 11.1 Å². The number of hydrogen-bond donors (Lipinski definition) is 3. The lowest BCUT2D eigenvalue weighted by atomic mass is 9.94. The lowest BCUT2D eigenvalue weighted by Crippen LogP contribution is -2.40. The molecule has 3 heterocycles. The SMILES string of the molecule is CCN(c1cc(-c2ccc3c(c2)NOCC3)cc(C(=O)NCc2c(C)cc(C)[nH]c2=O)c1C)C1CCOCC1. The minimum absolute atomic E-state index is 0.164. The predicted molar refractivity (Wildman–Crippen MR) is 154 cm³/mol. The molecule has 1 saturated heterocycles. The zero-order valence-electron chi connectivity index (χ0n) is 23.3. The molecule has 0 bridgehead atoms. The van der Waals surface area contributed by atoms with Crippen molar-refractivity contribution in [3.63, 3.8) is 0 Å². The number of H-pyrrole nitrogens is 1. The molecule has 8 heteroatoms. The van der Waals surface area contributed by atoms with E-state index < -0.39 is 0 Å². The third kappa shape index (κ3) is 5.72. The summed E-state index contributed by atoms with van der Waals surface area (Å²) in [7, 11) is 0. The first kappa shape index (κ1) is 27.0. The van der Waals surface area contributed by atoms with Crippen molar-refractivity contribution in [2.24, 2.45) is 0 Å². The minimum Gasteiger partial charge on any atom is -0.381 e. The van der Waals surface area contributed by atoms with Gasteiger partial charge in [-0.05, 0) is 92.6 Å². The van der Waals surface area contributed by atoms with Crippen LogP contribution in [0.5, 0.6) is 0 Å². The largest absolute Gasteiger partial charge is 0.381 e. The molecule has 0 spiro atoms. The summed E-state index contributed by atoms with van der Waals surface area (Å²) in [5.41, 5.74) is 11.8. The number of amides is 1. The number of nitrogens with one attached hydrogen (secondary N) is 3. The van der Waals surface area contributed by atoms with Gasteiger partial charge in [-0.1, -0.05) is 12.1 Å². The van der Waals surface area contributed by atoms with Crippen LogP contribution in [0.3, 0.4) is 0 Å². The van der Waals surface area contributed by atoms with Crippen LogP contribution < -0.4 is 21.3 Å². The first-order valence-electron chi connectivity index (χ1n) is 13.8. The summed E-state index contributed by atoms with van der Waals surface area (Å²) in [5, 5.41) is 3.02. The fourth-order valence-corrected chi connectivity index (χ4v) is 5.75. The molecule has 39 heavy (non-hydrogen) atoms. The number of ether oxygens (including phenoxy) is 1. The summed E-state index contributed by atoms with van der Waals surface area (Å²) in [5.74, 6) is -0.197. The van der Waals surface area contributed by atoms with Gasteiger partial charge in [0.2, 0.25) is 0 Å². The van der Waals surface area contributed by atoms with E-state index in [4.69, 9.17) is 9.57 Å². The Kier molecular flexibility index (Phi) is 8.04. The van der Waals surface area contributed by atoms with E-state index in [1.807, 2.05) is 32.9 Å². The molecular weight excluding hydrogens is 492 g/mol. The maximum Gasteiger partial charge on any atom is 0.253 e. The van der Waals surface area contributed by atoms with Gasteiger partial charge in [-0.25, -0.2) is 0 Å². The van der Waals surface area contributed by atoms with E-state index in [9.17, 15) is 9.59 Å². The third-order valence-corrected chi connectivity index (χ3v) is 7.92. The number of aromatic amines is 1. The van der Waals surface area contributed by atoms with Crippen molar-refractivity contribution in [3.8, 4) is 11.1 Å². The topological polar surface area (TPSA) is 95.7 Å². The van der Waals surface area contributed by atoms with Crippen LogP contribution >= 0.6 is 0 Å². The molecule has 8 nitrogen and oxygen atoms in total. The van der Waals surface area contributed by atoms with Gasteiger partial charge >= 0.3 is 0 Å². The van der Waals surface area contributed by atoms with Crippen molar-refractivity contribution < 1.29 is 14.4 Å². The number of aryl methyl sites for hydroxylation is 2. The van der Waals surface area contributed by atoms with Crippen molar-refractivity contribution in [3.05, 3.63) is 80.3 Å². The monoisotopic (exact) mass is 530 g/mol. The number of hydrogen-bond acceptors (Lipinski definition) is 6. The van der Waals surface area contributed by atoms with Crippen LogP contribution in [0.2, 0.25) is 0 Å². The average molecular weight is 531 g/mol. The highest BCUT2D eigenvalue weighted by Crippen LogP contribution is 2.35. The van der Waals surface area contributed by atoms with Crippen LogP contribution in [-0.2, 0) is 22.5 Å². The number of benzene rings is 2. The zero-order valence-corrected chi connectivity index (χ0v) is 23.3. The first-order valence-corrected chi connectivity index (χ1v) is 13.8. The fraction of sp³-hybridized carbons (Fsp3) is 0.419. The number of carbonyl (C=O) groups is 1. The van der Waals surface area contributed by atoms with E-state index in [1.165, 1.54) is 5.56 Å². The Morgan fingerprint density at radius 3 is 2.59 bits per heavy atom. The van der Waals surface area contributed by atoms with Gasteiger partial charge in [0.05, 0.1) is 12.3 Å². The predicted octanol–water partition coefficient (Wildman–Crippen LogP) is 4.80. The number of rotatable bonds is 7. The molecule has 1 amide bonds. The second kappa shape index (κ2) is 11.6. The number of anilines is 2. The van der Waals surface area contributed by atoms with Crippen molar-refractivity contribution in [1.82, 2.24) is 10.3 Å². The number of carbonyl (C=O) groups excluding carboxylic acids is 1. The maximum atomic E-state index is 13.7. The highest BCUT2D eigenvalue weighted by atomic mass is 16.6. The zero-order chi connectivity index (χ0) is 27.5. The van der Waals surface area contributed by atoms with Gasteiger partial charge < -0.3 is 19.9 Å². The van der Waals surface area contributed by atoms with Crippen LogP contribution in [0.1, 0.15) is 58.1 Å². The smallest absolute Gasteiger partial charge is 0.253 e. The van der Waals surface area contributed by atoms with Gasteiger partial charge in [0.1, 0.15) is 0 Å². The summed E-state index contributed by atoms with van der Waals surface area (Å²) in [6, 6.07) is 12.8. The molecule has 0 aliphatic carbocycles. The first-order chi connectivity index (χ1) is 18.9. The van der Waals surface area contributed by atoms with Gasteiger partial charge in [0, 0.05) is 61.3 Å². The molecule has 0 unspecified atom stereocenters. The summed E-state index contributed by atoms with van der Waals surface area (Å²) in [6.45, 7) is 11.1. The summed E-state index contributed by atoms with van der Waals surface area (Å²) >= 11 is 0. The van der Waals surface area contributed by atoms with Gasteiger partial charge in [0.25, 0.3) is 11.5 Å². The van der Waals surface area contributed by atoms with Gasteiger partial charge in [0.15, 0.2) is 0 Å². The Morgan fingerprint density at radius 1 is 1.05 bits per heavy atom. The average Bonchev–Trinajstić information content (AvgIpc) is 2.94. The second-order valence-corrected chi connectivity index (χ2v) is 10.5. The lowest BCUT2D eigenvalue weighted by Gasteiger charge is -2.37. The van der Waals surface area contributed by atoms with E-state index in [0.717, 1.165) is 78.3 Å². The van der Waals surface area contributed by atoms with Crippen LogP contribution in [-0.4, -0.2) is 43.3 Å². The molecule has 0 atom stereocenters. The molecule has 2 aliphatic heterocycles. The van der Waals surface area contributed by atoms with E-state index in [1.54, 1.807) is 0 Å². The molecule has 3 N–H and O–H groups in total. The van der Waals surface area contributed by atoms with Crippen molar-refractivity contribution >= 4 is 17.3 Å². The number of pyridine rings is 1. The number of nitrogens with zero attached hydrogens (tertiary/aromatic N) is 1. The van der Waals surface area contributed by atoms with Crippen LogP contribution in [0, 0.1) is 20.8 Å². The highest BCUT2D eigenvalue weighted by Gasteiger charge is 2.25. The Morgan fingerprint density at radius 2 is 1.85 bits per heavy atom. The molecule has 0 radical (unpaired) electrons. The molecule has 1 aromatic heterocycles. The number of fused-ring (bicyclic) bond motifs is 1. The second-order valence-electron chi connectivity index (χ2n) is 10.5. The van der Waals surface area contributed by atoms with Gasteiger partial charge in [-0.2, -0.15) is 0 Å². The molecule has 0 saturated carbocycles. The standard InChI is InChI=1S/C31H38N4O4/c1-5-35(25-9-11-38-12-10-25)29-17-24(23-7-6-22-8-13-39-34-28(22)16-23)15-26(21(29)4)30(36)32-18-27-19(2)14-20(3)33-31(27)37/h6-7,14-17,25,34H,5,8-13,18H2,1-4H3,(H,32,36)(H,33,37). The van der Waals surface area contributed by atoms with Crippen molar-refractivity contribution in [2.45, 2.75) is 59.5 Å². The van der Waals surface area contributed by atoms with Gasteiger partial charge in [-0.3, -0.25) is 19.9 Å². The molecule has 206 valence electrons. The molecule has 2 aromatic carbocycles. The third-order valence-electron chi connectivity index (χ3n) is 7.92. The van der Waals surface area contributed by atoms with E-state index in [0.29, 0.717) is 23.8 Å². The molecule has 1 fully saturated rings. The molecule has 2 aliphatic rings. The van der Waals surface area contributed by atoms with Crippen molar-refractivity contribution in [2.75, 3.05) is 36.7 Å². The minimum atomic E-state index is -0.197. The van der Waals surface area contributed by atoms with E-state index in [-0.39, 0.29) is 18.0 Å². The van der Waals surface area contributed by atoms with E-state index in [2.05, 4.69) is 51.9 Å². The summed E-state index contributed by atoms with van der Waals surface area (Å²) in [4.78, 5) is 37.0. The molecule has 3 aromatic rings. The lowest BCUT2D eigenvalue weighted by molar-refractivity contribution is 0.0846. The Bertz CT molecular complexity index is 1420. The quantitative estimate of drug-likeness (QED) is 0.406. The Balaban J connectivity index is 1.54. The maximum absolute atomic E-state index is 13.7. The number of aromatic nitrogens is 1. The Labute approximate surface area is 229 Å². The van der Waals surface area contributed by atoms with Gasteiger partial charge in [-0.15, -0.1) is 0 Å². The summed E-state index contributed by atoms with van der Waals surface area (Å²) in [6.07, 6.45) is 2.77. The van der Waals surface area contributed by atoms with Crippen LogP contribution in [0.15, 0.2) is 41.2 Å². The normalized spacial score (nSPS) is 15.4. The highest BCUT2D eigenvalue weighted by molar-refractivity contribution is 5.99.